The normalized spacial score (nSPS) is 10.5. The van der Waals surface area contributed by atoms with Crippen LogP contribution in [0.1, 0.15) is 18.4 Å². The van der Waals surface area contributed by atoms with E-state index in [1.165, 1.54) is 0 Å². The van der Waals surface area contributed by atoms with Crippen LogP contribution >= 0.6 is 104 Å². The Morgan fingerprint density at radius 3 is 1.68 bits per heavy atom. The van der Waals surface area contributed by atoms with Crippen molar-refractivity contribution in [2.75, 3.05) is 29.7 Å². The van der Waals surface area contributed by atoms with Crippen molar-refractivity contribution >= 4 is 116 Å². The van der Waals surface area contributed by atoms with Gasteiger partial charge in [-0.05, 0) is 30.5 Å². The molecule has 0 atom stereocenters. The van der Waals surface area contributed by atoms with Crippen molar-refractivity contribution in [3.05, 3.63) is 29.8 Å². The van der Waals surface area contributed by atoms with Crippen molar-refractivity contribution in [3.8, 4) is 0 Å². The number of aryl methyl sites for hydroxylation is 1. The minimum absolute atomic E-state index is 0.215. The molecule has 0 fully saturated rings. The molecule has 1 rings (SSSR count). The minimum Gasteiger partial charge on any atom is -0.481 e. The highest BCUT2D eigenvalue weighted by atomic mass is 35.6. The van der Waals surface area contributed by atoms with Crippen molar-refractivity contribution in [1.29, 1.82) is 0 Å². The van der Waals surface area contributed by atoms with Crippen LogP contribution in [0.3, 0.4) is 0 Å². The molecule has 1 N–H and O–H groups in total. The van der Waals surface area contributed by atoms with E-state index in [2.05, 4.69) is 4.90 Å². The first-order valence-electron chi connectivity index (χ1n) is 7.76. The zero-order valence-corrected chi connectivity index (χ0v) is 21.3. The van der Waals surface area contributed by atoms with Gasteiger partial charge in [-0.15, -0.1) is 23.2 Å². The number of aliphatic carboxylic acids is 1. The standard InChI is InChI=1S/C14H19Cl2NO2.CCl4.CHCl3/c15-8-10-17(11-9-16)13-6-4-12(5-7-13)2-1-3-14(18)19;2-1(3,4)5;2-1(3)4/h4-7H,1-3,8-11H2,(H,18,19);;1H. The van der Waals surface area contributed by atoms with Gasteiger partial charge in [0.25, 0.3) is 3.25 Å². The summed E-state index contributed by atoms with van der Waals surface area (Å²) in [5.74, 6) is 0.390. The first kappa shape index (κ1) is 31.3. The molecule has 28 heavy (non-hydrogen) atoms. The number of anilines is 1. The van der Waals surface area contributed by atoms with Gasteiger partial charge in [-0.1, -0.05) is 93.3 Å². The van der Waals surface area contributed by atoms with Crippen LogP contribution in [0.4, 0.5) is 5.69 Å². The lowest BCUT2D eigenvalue weighted by Crippen LogP contribution is -2.27. The molecule has 12 heteroatoms. The molecule has 3 nitrogen and oxygen atoms in total. The van der Waals surface area contributed by atoms with E-state index in [0.717, 1.165) is 30.8 Å². The molecule has 0 heterocycles. The molecule has 164 valence electrons. The third kappa shape index (κ3) is 25.1. The molecule has 0 aliphatic carbocycles. The molecule has 1 aromatic carbocycles. The number of nitrogens with zero attached hydrogens (tertiary/aromatic N) is 1. The molecule has 0 aliphatic rings. The molecule has 0 bridgehead atoms. The second-order valence-corrected chi connectivity index (χ2v) is 11.1. The van der Waals surface area contributed by atoms with Crippen molar-refractivity contribution in [3.63, 3.8) is 0 Å². The lowest BCUT2D eigenvalue weighted by atomic mass is 10.1. The van der Waals surface area contributed by atoms with E-state index >= 15 is 0 Å². The topological polar surface area (TPSA) is 40.5 Å². The Balaban J connectivity index is 0. The molecule has 0 aromatic heterocycles. The predicted molar refractivity (Wildman–Crippen MR) is 128 cm³/mol. The Bertz CT molecular complexity index is 495. The lowest BCUT2D eigenvalue weighted by molar-refractivity contribution is -0.137. The minimum atomic E-state index is -1.61. The van der Waals surface area contributed by atoms with Crippen LogP contribution in [0.25, 0.3) is 0 Å². The molecule has 0 saturated heterocycles. The van der Waals surface area contributed by atoms with E-state index in [4.69, 9.17) is 110 Å². The first-order valence-corrected chi connectivity index (χ1v) is 11.6. The Hall–Kier alpha value is 1.10. The summed E-state index contributed by atoms with van der Waals surface area (Å²) in [6, 6.07) is 8.14. The zero-order chi connectivity index (χ0) is 22.2. The van der Waals surface area contributed by atoms with Crippen LogP contribution in [0.2, 0.25) is 0 Å². The van der Waals surface area contributed by atoms with Crippen LogP contribution in [-0.2, 0) is 11.2 Å². The van der Waals surface area contributed by atoms with Crippen LogP contribution in [0.15, 0.2) is 24.3 Å². The zero-order valence-electron chi connectivity index (χ0n) is 14.5. The van der Waals surface area contributed by atoms with Gasteiger partial charge in [0.15, 0.2) is 4.30 Å². The maximum Gasteiger partial charge on any atom is 0.303 e. The number of alkyl halides is 9. The van der Waals surface area contributed by atoms with E-state index in [9.17, 15) is 4.79 Å². The van der Waals surface area contributed by atoms with E-state index in [0.29, 0.717) is 18.2 Å². The van der Waals surface area contributed by atoms with Crippen molar-refractivity contribution in [1.82, 2.24) is 0 Å². The van der Waals surface area contributed by atoms with Gasteiger partial charge in [0.05, 0.1) is 0 Å². The highest BCUT2D eigenvalue weighted by Crippen LogP contribution is 2.29. The number of benzene rings is 1. The highest BCUT2D eigenvalue weighted by molar-refractivity contribution is 6.83. The molecule has 0 spiro atoms. The lowest BCUT2D eigenvalue weighted by Gasteiger charge is -2.23. The van der Waals surface area contributed by atoms with Crippen LogP contribution in [0.5, 0.6) is 0 Å². The Kier molecular flexibility index (Phi) is 21.0. The maximum absolute atomic E-state index is 10.4. The molecule has 1 aromatic rings. The number of hydrogen-bond acceptors (Lipinski definition) is 2. The van der Waals surface area contributed by atoms with E-state index in [1.807, 2.05) is 24.3 Å². The summed E-state index contributed by atoms with van der Waals surface area (Å²) >= 11 is 45.3. The number of carboxylic acids is 1. The summed E-state index contributed by atoms with van der Waals surface area (Å²) in [6.07, 6.45) is 1.67. The van der Waals surface area contributed by atoms with E-state index in [-0.39, 0.29) is 6.42 Å². The van der Waals surface area contributed by atoms with Gasteiger partial charge in [-0.2, -0.15) is 0 Å². The van der Waals surface area contributed by atoms with Crippen molar-refractivity contribution in [2.24, 2.45) is 0 Å². The molecular formula is C16H20Cl9NO2. The van der Waals surface area contributed by atoms with Crippen molar-refractivity contribution in [2.45, 2.75) is 26.8 Å². The number of halogens is 9. The summed E-state index contributed by atoms with van der Waals surface area (Å²) in [5.41, 5.74) is 2.25. The predicted octanol–water partition coefficient (Wildman–Crippen LogP) is 7.92. The number of carboxylic acid groups (broad SMARTS) is 1. The largest absolute Gasteiger partial charge is 0.481 e. The maximum atomic E-state index is 10.4. The van der Waals surface area contributed by atoms with Crippen LogP contribution in [-0.4, -0.2) is 43.5 Å². The second-order valence-electron chi connectivity index (χ2n) is 4.95. The molecule has 0 radical (unpaired) electrons. The Labute approximate surface area is 211 Å². The number of hydrogen-bond donors (Lipinski definition) is 1. The van der Waals surface area contributed by atoms with Crippen LogP contribution in [0, 0.1) is 0 Å². The number of carbonyl (C=O) groups is 1. The molecule has 0 aliphatic heterocycles. The fraction of sp³-hybridized carbons (Fsp3) is 0.562. The van der Waals surface area contributed by atoms with Crippen LogP contribution < -0.4 is 4.90 Å². The first-order chi connectivity index (χ1) is 12.9. The third-order valence-corrected chi connectivity index (χ3v) is 3.20. The summed E-state index contributed by atoms with van der Waals surface area (Å²) < 4.78 is -2.36. The quantitative estimate of drug-likeness (QED) is 0.303. The van der Waals surface area contributed by atoms with Crippen molar-refractivity contribution < 1.29 is 9.90 Å². The third-order valence-electron chi connectivity index (χ3n) is 2.87. The van der Waals surface area contributed by atoms with Gasteiger partial charge in [0.1, 0.15) is 0 Å². The van der Waals surface area contributed by atoms with Gasteiger partial charge < -0.3 is 10.0 Å². The SMILES string of the molecule is ClC(Cl)(Cl)Cl.ClC(Cl)Cl.O=C(O)CCCc1ccc(N(CCCl)CCCl)cc1. The molecular weight excluding hydrogens is 557 g/mol. The van der Waals surface area contributed by atoms with Gasteiger partial charge in [-0.25, -0.2) is 0 Å². The highest BCUT2D eigenvalue weighted by Gasteiger charge is 2.11. The molecule has 0 amide bonds. The summed E-state index contributed by atoms with van der Waals surface area (Å²) in [4.78, 5) is 12.6. The summed E-state index contributed by atoms with van der Waals surface area (Å²) in [5, 5.41) is 8.59. The van der Waals surface area contributed by atoms with Gasteiger partial charge >= 0.3 is 5.97 Å². The second kappa shape index (κ2) is 18.8. The number of rotatable bonds is 9. The Morgan fingerprint density at radius 1 is 0.964 bits per heavy atom. The van der Waals surface area contributed by atoms with Gasteiger partial charge in [0.2, 0.25) is 0 Å². The van der Waals surface area contributed by atoms with E-state index in [1.54, 1.807) is 0 Å². The average Bonchev–Trinajstić information content (AvgIpc) is 2.53. The fourth-order valence-electron chi connectivity index (χ4n) is 1.89. The summed E-state index contributed by atoms with van der Waals surface area (Å²) in [6.45, 7) is 1.54. The monoisotopic (exact) mass is 573 g/mol. The smallest absolute Gasteiger partial charge is 0.303 e. The molecule has 0 unspecified atom stereocenters. The van der Waals surface area contributed by atoms with Gasteiger partial charge in [-0.3, -0.25) is 4.79 Å². The van der Waals surface area contributed by atoms with E-state index < -0.39 is 13.5 Å². The molecule has 0 saturated carbocycles. The van der Waals surface area contributed by atoms with Gasteiger partial charge in [0, 0.05) is 37.0 Å². The average molecular weight is 577 g/mol. The summed E-state index contributed by atoms with van der Waals surface area (Å²) in [7, 11) is 0. The Morgan fingerprint density at radius 2 is 1.36 bits per heavy atom. The fourth-order valence-corrected chi connectivity index (χ4v) is 2.30.